The molecule has 0 aromatic heterocycles. The second-order valence-electron chi connectivity index (χ2n) is 6.86. The molecule has 1 heterocycles. The molecule has 1 atom stereocenters. The van der Waals surface area contributed by atoms with Crippen LogP contribution in [0.2, 0.25) is 0 Å². The molecule has 8 heteroatoms. The highest BCUT2D eigenvalue weighted by molar-refractivity contribution is 7.92. The monoisotopic (exact) mass is 403 g/mol. The molecule has 0 saturated heterocycles. The van der Waals surface area contributed by atoms with Gasteiger partial charge in [0.1, 0.15) is 11.2 Å². The van der Waals surface area contributed by atoms with Crippen molar-refractivity contribution in [2.75, 3.05) is 25.1 Å². The molecule has 0 fully saturated rings. The fraction of sp³-hybridized carbons (Fsp3) is 0.300. The number of esters is 1. The number of hydrogen-bond donors (Lipinski definition) is 0. The minimum atomic E-state index is -4.04. The Kier molecular flexibility index (Phi) is 4.93. The van der Waals surface area contributed by atoms with Crippen LogP contribution < -0.4 is 9.04 Å². The Bertz CT molecular complexity index is 1040. The maximum Gasteiger partial charge on any atom is 0.321 e. The number of benzene rings is 2. The zero-order valence-corrected chi connectivity index (χ0v) is 16.9. The van der Waals surface area contributed by atoms with Gasteiger partial charge in [0, 0.05) is 11.6 Å². The van der Waals surface area contributed by atoms with E-state index >= 15 is 0 Å². The lowest BCUT2D eigenvalue weighted by molar-refractivity contribution is -0.148. The van der Waals surface area contributed by atoms with Gasteiger partial charge in [-0.05, 0) is 38.1 Å². The zero-order valence-electron chi connectivity index (χ0n) is 16.1. The third-order valence-electron chi connectivity index (χ3n) is 4.92. The summed E-state index contributed by atoms with van der Waals surface area (Å²) in [5.41, 5.74) is -0.454. The van der Waals surface area contributed by atoms with Crippen molar-refractivity contribution in [3.05, 3.63) is 53.6 Å². The number of ketones is 1. The molecular weight excluding hydrogens is 382 g/mol. The van der Waals surface area contributed by atoms with E-state index in [9.17, 15) is 18.0 Å². The first-order valence-corrected chi connectivity index (χ1v) is 10.00. The van der Waals surface area contributed by atoms with Crippen molar-refractivity contribution < 1.29 is 27.5 Å². The molecule has 28 heavy (non-hydrogen) atoms. The molecule has 1 aliphatic rings. The van der Waals surface area contributed by atoms with E-state index < -0.39 is 27.2 Å². The van der Waals surface area contributed by atoms with E-state index in [0.717, 1.165) is 9.87 Å². The van der Waals surface area contributed by atoms with Gasteiger partial charge in [0.05, 0.1) is 31.3 Å². The van der Waals surface area contributed by atoms with E-state index in [-0.39, 0.29) is 22.7 Å². The van der Waals surface area contributed by atoms with E-state index in [1.165, 1.54) is 45.4 Å². The van der Waals surface area contributed by atoms with Gasteiger partial charge < -0.3 is 9.47 Å². The highest BCUT2D eigenvalue weighted by Crippen LogP contribution is 2.41. The number of ether oxygens (including phenoxy) is 2. The van der Waals surface area contributed by atoms with Crippen molar-refractivity contribution in [2.45, 2.75) is 18.7 Å². The minimum absolute atomic E-state index is 0.0634. The van der Waals surface area contributed by atoms with Gasteiger partial charge in [-0.25, -0.2) is 8.42 Å². The number of methoxy groups -OCH3 is 2. The van der Waals surface area contributed by atoms with Gasteiger partial charge in [0.25, 0.3) is 10.0 Å². The second kappa shape index (κ2) is 6.94. The number of Topliss-reactive ketones (excluding diaryl/α,β-unsaturated/α-hetero) is 1. The van der Waals surface area contributed by atoms with Crippen LogP contribution in [0.3, 0.4) is 0 Å². The van der Waals surface area contributed by atoms with Crippen molar-refractivity contribution in [2.24, 2.45) is 5.41 Å². The predicted octanol–water partition coefficient (Wildman–Crippen LogP) is 2.57. The first kappa shape index (κ1) is 19.9. The summed E-state index contributed by atoms with van der Waals surface area (Å²) in [5, 5.41) is 0. The number of aryl methyl sites for hydroxylation is 1. The normalized spacial score (nSPS) is 19.1. The predicted molar refractivity (Wildman–Crippen MR) is 103 cm³/mol. The number of sulfonamides is 1. The van der Waals surface area contributed by atoms with Crippen LogP contribution >= 0.6 is 0 Å². The van der Waals surface area contributed by atoms with Crippen LogP contribution in [0.15, 0.2) is 47.4 Å². The van der Waals surface area contributed by atoms with Gasteiger partial charge in [-0.2, -0.15) is 0 Å². The molecule has 2 aromatic carbocycles. The number of hydrogen-bond acceptors (Lipinski definition) is 6. The summed E-state index contributed by atoms with van der Waals surface area (Å²) < 4.78 is 37.8. The Morgan fingerprint density at radius 2 is 1.75 bits per heavy atom. The maximum absolute atomic E-state index is 13.4. The lowest BCUT2D eigenvalue weighted by atomic mass is 9.79. The van der Waals surface area contributed by atoms with Crippen molar-refractivity contribution in [1.82, 2.24) is 0 Å². The van der Waals surface area contributed by atoms with Gasteiger partial charge in [0.15, 0.2) is 5.78 Å². The summed E-state index contributed by atoms with van der Waals surface area (Å²) in [7, 11) is -1.42. The van der Waals surface area contributed by atoms with E-state index in [0.29, 0.717) is 5.75 Å². The Labute approximate surface area is 163 Å². The summed E-state index contributed by atoms with van der Waals surface area (Å²) in [4.78, 5) is 25.5. The van der Waals surface area contributed by atoms with Crippen molar-refractivity contribution in [1.29, 1.82) is 0 Å². The topological polar surface area (TPSA) is 90.0 Å². The number of carbonyl (C=O) groups excluding carboxylic acids is 2. The molecule has 0 amide bonds. The van der Waals surface area contributed by atoms with Crippen LogP contribution in [-0.2, 0) is 19.6 Å². The van der Waals surface area contributed by atoms with Crippen LogP contribution in [0.25, 0.3) is 0 Å². The zero-order chi connectivity index (χ0) is 20.7. The summed E-state index contributed by atoms with van der Waals surface area (Å²) in [6.45, 7) is 2.88. The first-order valence-electron chi connectivity index (χ1n) is 8.56. The third-order valence-corrected chi connectivity index (χ3v) is 6.70. The lowest BCUT2D eigenvalue weighted by Gasteiger charge is -2.38. The van der Waals surface area contributed by atoms with Crippen LogP contribution in [0.1, 0.15) is 22.8 Å². The van der Waals surface area contributed by atoms with Crippen LogP contribution in [0.4, 0.5) is 5.69 Å². The molecule has 0 aliphatic carbocycles. The number of rotatable bonds is 4. The molecule has 2 aromatic rings. The highest BCUT2D eigenvalue weighted by Gasteiger charge is 2.51. The van der Waals surface area contributed by atoms with Crippen molar-refractivity contribution in [3.8, 4) is 5.75 Å². The fourth-order valence-corrected chi connectivity index (χ4v) is 4.79. The summed E-state index contributed by atoms with van der Waals surface area (Å²) in [6, 6.07) is 10.9. The van der Waals surface area contributed by atoms with Gasteiger partial charge in [-0.15, -0.1) is 0 Å². The van der Waals surface area contributed by atoms with Crippen LogP contribution in [-0.4, -0.2) is 40.9 Å². The number of fused-ring (bicyclic) bond motifs is 1. The standard InChI is InChI=1S/C20H21NO6S/c1-13-5-8-15(9-6-13)28(24,25)21-12-20(2,19(23)27-4)18(22)16-10-7-14(26-3)11-17(16)21/h5-11H,12H2,1-4H3/t20-/m0/s1. The van der Waals surface area contributed by atoms with Crippen molar-refractivity contribution >= 4 is 27.5 Å². The van der Waals surface area contributed by atoms with Crippen LogP contribution in [0, 0.1) is 12.3 Å². The Hall–Kier alpha value is -2.87. The van der Waals surface area contributed by atoms with Gasteiger partial charge in [-0.3, -0.25) is 13.9 Å². The molecule has 0 unspecified atom stereocenters. The average molecular weight is 403 g/mol. The number of nitrogens with zero attached hydrogens (tertiary/aromatic N) is 1. The Morgan fingerprint density at radius 3 is 2.32 bits per heavy atom. The van der Waals surface area contributed by atoms with Gasteiger partial charge in [-0.1, -0.05) is 17.7 Å². The summed E-state index contributed by atoms with van der Waals surface area (Å²) in [5.74, 6) is -0.882. The number of anilines is 1. The van der Waals surface area contributed by atoms with E-state index in [2.05, 4.69) is 0 Å². The summed E-state index contributed by atoms with van der Waals surface area (Å²) >= 11 is 0. The molecular formula is C20H21NO6S. The lowest BCUT2D eigenvalue weighted by Crippen LogP contribution is -2.53. The molecule has 0 saturated carbocycles. The van der Waals surface area contributed by atoms with Crippen molar-refractivity contribution in [3.63, 3.8) is 0 Å². The molecule has 0 spiro atoms. The minimum Gasteiger partial charge on any atom is -0.497 e. The molecule has 0 radical (unpaired) electrons. The van der Waals surface area contributed by atoms with Gasteiger partial charge >= 0.3 is 5.97 Å². The average Bonchev–Trinajstić information content (AvgIpc) is 2.69. The Morgan fingerprint density at radius 1 is 1.11 bits per heavy atom. The molecule has 148 valence electrons. The van der Waals surface area contributed by atoms with Gasteiger partial charge in [0.2, 0.25) is 0 Å². The molecule has 1 aliphatic heterocycles. The third kappa shape index (κ3) is 3.03. The fourth-order valence-electron chi connectivity index (χ4n) is 3.21. The second-order valence-corrected chi connectivity index (χ2v) is 8.72. The van der Waals surface area contributed by atoms with E-state index in [1.807, 2.05) is 6.92 Å². The van der Waals surface area contributed by atoms with Crippen LogP contribution in [0.5, 0.6) is 5.75 Å². The highest BCUT2D eigenvalue weighted by atomic mass is 32.2. The van der Waals surface area contributed by atoms with E-state index in [1.54, 1.807) is 18.2 Å². The van der Waals surface area contributed by atoms with E-state index in [4.69, 9.17) is 9.47 Å². The Balaban J connectivity index is 2.24. The quantitative estimate of drug-likeness (QED) is 0.576. The molecule has 3 rings (SSSR count). The first-order chi connectivity index (χ1) is 13.1. The number of carbonyl (C=O) groups is 2. The molecule has 0 N–H and O–H groups in total. The smallest absolute Gasteiger partial charge is 0.321 e. The SMILES string of the molecule is COC(=O)[C@@]1(C)CN(S(=O)(=O)c2ccc(C)cc2)c2cc(OC)ccc2C1=O. The molecule has 0 bridgehead atoms. The molecule has 7 nitrogen and oxygen atoms in total. The maximum atomic E-state index is 13.4. The largest absolute Gasteiger partial charge is 0.497 e. The summed E-state index contributed by atoms with van der Waals surface area (Å²) in [6.07, 6.45) is 0.